The van der Waals surface area contributed by atoms with Gasteiger partial charge in [0, 0.05) is 24.8 Å². The van der Waals surface area contributed by atoms with Gasteiger partial charge in [-0.2, -0.15) is 4.98 Å². The third-order valence-corrected chi connectivity index (χ3v) is 5.21. The Labute approximate surface area is 160 Å². The summed E-state index contributed by atoms with van der Waals surface area (Å²) in [6, 6.07) is 9.37. The number of hydrogen-bond acceptors (Lipinski definition) is 6. The van der Waals surface area contributed by atoms with E-state index in [1.165, 1.54) is 11.3 Å². The molecule has 3 heterocycles. The number of carbonyl (C=O) groups excluding carboxylic acids is 2. The summed E-state index contributed by atoms with van der Waals surface area (Å²) in [5.41, 5.74) is 2.66. The van der Waals surface area contributed by atoms with E-state index in [9.17, 15) is 9.59 Å². The fourth-order valence-corrected chi connectivity index (χ4v) is 3.85. The second-order valence-electron chi connectivity index (χ2n) is 6.34. The smallest absolute Gasteiger partial charge is 0.268 e. The van der Waals surface area contributed by atoms with E-state index in [0.717, 1.165) is 29.0 Å². The summed E-state index contributed by atoms with van der Waals surface area (Å²) in [6.45, 7) is 2.38. The van der Waals surface area contributed by atoms with Crippen molar-refractivity contribution in [1.29, 1.82) is 0 Å². The lowest BCUT2D eigenvalue weighted by Gasteiger charge is -2.29. The van der Waals surface area contributed by atoms with Crippen LogP contribution in [0.25, 0.3) is 0 Å². The third-order valence-electron chi connectivity index (χ3n) is 4.35. The van der Waals surface area contributed by atoms with Gasteiger partial charge in [0.1, 0.15) is 0 Å². The summed E-state index contributed by atoms with van der Waals surface area (Å²) in [5, 5.41) is 8.50. The number of carbonyl (C=O) groups is 2. The van der Waals surface area contributed by atoms with Gasteiger partial charge < -0.3 is 14.7 Å². The highest BCUT2D eigenvalue weighted by Gasteiger charge is 2.24. The molecule has 1 aliphatic heterocycles. The molecule has 1 aromatic carbocycles. The van der Waals surface area contributed by atoms with Crippen molar-refractivity contribution in [2.75, 3.05) is 16.8 Å². The highest BCUT2D eigenvalue weighted by Crippen LogP contribution is 2.31. The standard InChI is InChI=1S/C19H18N4O3S/c1-12-20-17(22-26-12)11-18(24)21-14-6-7-15-13(10-14)4-2-8-23(15)19(25)16-5-3-9-27-16/h3,5-7,9-10H,2,4,8,11H2,1H3,(H,21,24). The molecule has 1 N–H and O–H groups in total. The molecule has 138 valence electrons. The minimum Gasteiger partial charge on any atom is -0.340 e. The number of nitrogens with one attached hydrogen (secondary N) is 1. The van der Waals surface area contributed by atoms with Gasteiger partial charge in [-0.25, -0.2) is 0 Å². The zero-order chi connectivity index (χ0) is 18.8. The van der Waals surface area contributed by atoms with E-state index >= 15 is 0 Å². The molecular weight excluding hydrogens is 364 g/mol. The van der Waals surface area contributed by atoms with Crippen LogP contribution in [0.15, 0.2) is 40.2 Å². The van der Waals surface area contributed by atoms with E-state index in [-0.39, 0.29) is 18.2 Å². The molecule has 0 fully saturated rings. The first-order chi connectivity index (χ1) is 13.1. The Kier molecular flexibility index (Phi) is 4.72. The summed E-state index contributed by atoms with van der Waals surface area (Å²) in [4.78, 5) is 31.5. The van der Waals surface area contributed by atoms with Crippen LogP contribution in [-0.4, -0.2) is 28.5 Å². The Bertz CT molecular complexity index is 981. The second kappa shape index (κ2) is 7.32. The van der Waals surface area contributed by atoms with E-state index in [1.54, 1.807) is 6.92 Å². The average molecular weight is 382 g/mol. The largest absolute Gasteiger partial charge is 0.340 e. The molecule has 2 aromatic heterocycles. The number of rotatable bonds is 4. The van der Waals surface area contributed by atoms with Gasteiger partial charge in [0.2, 0.25) is 11.8 Å². The van der Waals surface area contributed by atoms with Gasteiger partial charge in [0.15, 0.2) is 5.82 Å². The number of amides is 2. The maximum Gasteiger partial charge on any atom is 0.268 e. The zero-order valence-electron chi connectivity index (χ0n) is 14.8. The minimum atomic E-state index is -0.210. The fraction of sp³-hybridized carbons (Fsp3) is 0.263. The molecule has 0 radical (unpaired) electrons. The fourth-order valence-electron chi connectivity index (χ4n) is 3.18. The number of anilines is 2. The van der Waals surface area contributed by atoms with Crippen molar-refractivity contribution < 1.29 is 14.1 Å². The number of hydrogen-bond donors (Lipinski definition) is 1. The van der Waals surface area contributed by atoms with E-state index < -0.39 is 0 Å². The lowest BCUT2D eigenvalue weighted by molar-refractivity contribution is -0.115. The molecular formula is C19H18N4O3S. The van der Waals surface area contributed by atoms with Crippen LogP contribution in [0.4, 0.5) is 11.4 Å². The maximum atomic E-state index is 12.7. The number of nitrogens with zero attached hydrogens (tertiary/aromatic N) is 3. The zero-order valence-corrected chi connectivity index (χ0v) is 15.6. The first-order valence-electron chi connectivity index (χ1n) is 8.67. The minimum absolute atomic E-state index is 0.0233. The van der Waals surface area contributed by atoms with Gasteiger partial charge in [-0.1, -0.05) is 11.2 Å². The first kappa shape index (κ1) is 17.4. The van der Waals surface area contributed by atoms with Crippen molar-refractivity contribution in [2.45, 2.75) is 26.2 Å². The van der Waals surface area contributed by atoms with Crippen LogP contribution >= 0.6 is 11.3 Å². The van der Waals surface area contributed by atoms with Gasteiger partial charge in [0.25, 0.3) is 5.91 Å². The van der Waals surface area contributed by atoms with E-state index in [0.29, 0.717) is 23.9 Å². The third kappa shape index (κ3) is 3.75. The SMILES string of the molecule is Cc1nc(CC(=O)Nc2ccc3c(c2)CCCN3C(=O)c2cccs2)no1. The van der Waals surface area contributed by atoms with Gasteiger partial charge >= 0.3 is 0 Å². The Morgan fingerprint density at radius 2 is 2.22 bits per heavy atom. The highest BCUT2D eigenvalue weighted by molar-refractivity contribution is 7.12. The van der Waals surface area contributed by atoms with Gasteiger partial charge in [-0.05, 0) is 48.1 Å². The molecule has 8 heteroatoms. The molecule has 0 atom stereocenters. The van der Waals surface area contributed by atoms with Crippen molar-refractivity contribution in [3.05, 3.63) is 57.9 Å². The van der Waals surface area contributed by atoms with Crippen LogP contribution in [0, 0.1) is 6.92 Å². The molecule has 0 aliphatic carbocycles. The average Bonchev–Trinajstić information content (AvgIpc) is 3.32. The predicted molar refractivity (Wildman–Crippen MR) is 102 cm³/mol. The number of fused-ring (bicyclic) bond motifs is 1. The monoisotopic (exact) mass is 382 g/mol. The predicted octanol–water partition coefficient (Wildman–Crippen LogP) is 3.21. The lowest BCUT2D eigenvalue weighted by atomic mass is 10.0. The van der Waals surface area contributed by atoms with E-state index in [1.807, 2.05) is 40.6 Å². The molecule has 0 saturated heterocycles. The molecule has 7 nitrogen and oxygen atoms in total. The van der Waals surface area contributed by atoms with Crippen molar-refractivity contribution in [3.8, 4) is 0 Å². The number of thiophene rings is 1. The molecule has 0 spiro atoms. The summed E-state index contributed by atoms with van der Waals surface area (Å²) in [7, 11) is 0. The van der Waals surface area contributed by atoms with Gasteiger partial charge in [-0.3, -0.25) is 9.59 Å². The molecule has 3 aromatic rings. The summed E-state index contributed by atoms with van der Waals surface area (Å²) in [6.07, 6.45) is 1.82. The van der Waals surface area contributed by atoms with E-state index in [2.05, 4.69) is 15.5 Å². The number of aryl methyl sites for hydroxylation is 2. The molecule has 0 unspecified atom stereocenters. The van der Waals surface area contributed by atoms with Crippen LogP contribution in [0.2, 0.25) is 0 Å². The van der Waals surface area contributed by atoms with Crippen LogP contribution < -0.4 is 10.2 Å². The van der Waals surface area contributed by atoms with Crippen molar-refractivity contribution >= 4 is 34.5 Å². The molecule has 27 heavy (non-hydrogen) atoms. The Morgan fingerprint density at radius 1 is 1.33 bits per heavy atom. The van der Waals surface area contributed by atoms with Crippen molar-refractivity contribution in [3.63, 3.8) is 0 Å². The van der Waals surface area contributed by atoms with E-state index in [4.69, 9.17) is 4.52 Å². The summed E-state index contributed by atoms with van der Waals surface area (Å²) < 4.78 is 4.88. The number of benzene rings is 1. The molecule has 2 amide bonds. The van der Waals surface area contributed by atoms with Crippen molar-refractivity contribution in [2.24, 2.45) is 0 Å². The molecule has 0 bridgehead atoms. The Hall–Kier alpha value is -3.00. The maximum absolute atomic E-state index is 12.7. The molecule has 4 rings (SSSR count). The normalized spacial score (nSPS) is 13.3. The second-order valence-corrected chi connectivity index (χ2v) is 7.28. The Balaban J connectivity index is 1.49. The van der Waals surface area contributed by atoms with Crippen molar-refractivity contribution in [1.82, 2.24) is 10.1 Å². The van der Waals surface area contributed by atoms with Crippen LogP contribution in [0.3, 0.4) is 0 Å². The Morgan fingerprint density at radius 3 is 2.96 bits per heavy atom. The number of aromatic nitrogens is 2. The quantitative estimate of drug-likeness (QED) is 0.748. The van der Waals surface area contributed by atoms with Crippen LogP contribution in [0.5, 0.6) is 0 Å². The molecule has 0 saturated carbocycles. The highest BCUT2D eigenvalue weighted by atomic mass is 32.1. The van der Waals surface area contributed by atoms with Crippen LogP contribution in [0.1, 0.15) is 33.4 Å². The first-order valence-corrected chi connectivity index (χ1v) is 9.55. The summed E-state index contributed by atoms with van der Waals surface area (Å²) >= 11 is 1.45. The van der Waals surface area contributed by atoms with Crippen LogP contribution in [-0.2, 0) is 17.6 Å². The summed E-state index contributed by atoms with van der Waals surface area (Å²) in [5.74, 6) is 0.603. The lowest BCUT2D eigenvalue weighted by Crippen LogP contribution is -2.35. The van der Waals surface area contributed by atoms with Gasteiger partial charge in [-0.15, -0.1) is 11.3 Å². The molecule has 1 aliphatic rings. The topological polar surface area (TPSA) is 88.3 Å². The van der Waals surface area contributed by atoms with Gasteiger partial charge in [0.05, 0.1) is 11.3 Å².